The standard InChI is InChI=1S/C14H17ClN2O2/c1-10-8-11(2-3-12(10)13(18)9-15)14(19)17-6-4-16-5-7-17/h2-3,8,16H,4-7,9H2,1H3. The van der Waals surface area contributed by atoms with Gasteiger partial charge in [-0.25, -0.2) is 0 Å². The van der Waals surface area contributed by atoms with Gasteiger partial charge in [0.1, 0.15) is 0 Å². The molecule has 1 amide bonds. The molecule has 1 aromatic rings. The number of nitrogens with zero attached hydrogens (tertiary/aromatic N) is 1. The van der Waals surface area contributed by atoms with Crippen molar-refractivity contribution < 1.29 is 9.59 Å². The van der Waals surface area contributed by atoms with E-state index in [0.717, 1.165) is 31.7 Å². The van der Waals surface area contributed by atoms with E-state index in [2.05, 4.69) is 5.32 Å². The molecule has 0 saturated carbocycles. The van der Waals surface area contributed by atoms with Gasteiger partial charge in [0.2, 0.25) is 0 Å². The van der Waals surface area contributed by atoms with Crippen molar-refractivity contribution in [3.05, 3.63) is 34.9 Å². The number of carbonyl (C=O) groups excluding carboxylic acids is 2. The van der Waals surface area contributed by atoms with Gasteiger partial charge in [0, 0.05) is 37.3 Å². The van der Waals surface area contributed by atoms with Gasteiger partial charge in [-0.05, 0) is 24.6 Å². The maximum Gasteiger partial charge on any atom is 0.253 e. The molecule has 0 bridgehead atoms. The number of carbonyl (C=O) groups is 2. The number of Topliss-reactive ketones (excluding diaryl/α,β-unsaturated/α-hetero) is 1. The lowest BCUT2D eigenvalue weighted by Gasteiger charge is -2.27. The highest BCUT2D eigenvalue weighted by atomic mass is 35.5. The van der Waals surface area contributed by atoms with E-state index in [1.165, 1.54) is 0 Å². The quantitative estimate of drug-likeness (QED) is 0.674. The number of hydrogen-bond acceptors (Lipinski definition) is 3. The highest BCUT2D eigenvalue weighted by molar-refractivity contribution is 6.30. The molecule has 19 heavy (non-hydrogen) atoms. The predicted octanol–water partition coefficient (Wildman–Crippen LogP) is 1.46. The lowest BCUT2D eigenvalue weighted by Crippen LogP contribution is -2.46. The Morgan fingerprint density at radius 3 is 2.58 bits per heavy atom. The monoisotopic (exact) mass is 280 g/mol. The minimum atomic E-state index is -0.111. The van der Waals surface area contributed by atoms with Crippen LogP contribution in [-0.4, -0.2) is 48.6 Å². The molecule has 1 N–H and O–H groups in total. The van der Waals surface area contributed by atoms with Gasteiger partial charge in [0.05, 0.1) is 5.88 Å². The average Bonchev–Trinajstić information content (AvgIpc) is 2.46. The van der Waals surface area contributed by atoms with E-state index in [4.69, 9.17) is 11.6 Å². The molecular weight excluding hydrogens is 264 g/mol. The molecule has 2 rings (SSSR count). The van der Waals surface area contributed by atoms with Crippen molar-refractivity contribution >= 4 is 23.3 Å². The SMILES string of the molecule is Cc1cc(C(=O)N2CCNCC2)ccc1C(=O)CCl. The first kappa shape index (κ1) is 14.0. The highest BCUT2D eigenvalue weighted by Crippen LogP contribution is 2.14. The number of rotatable bonds is 3. The summed E-state index contributed by atoms with van der Waals surface area (Å²) in [5.74, 6) is -0.124. The van der Waals surface area contributed by atoms with E-state index in [9.17, 15) is 9.59 Å². The summed E-state index contributed by atoms with van der Waals surface area (Å²) in [6, 6.07) is 5.16. The summed E-state index contributed by atoms with van der Waals surface area (Å²) in [5, 5.41) is 3.21. The smallest absolute Gasteiger partial charge is 0.253 e. The molecule has 1 aromatic carbocycles. The summed E-state index contributed by atoms with van der Waals surface area (Å²) in [4.78, 5) is 25.7. The van der Waals surface area contributed by atoms with E-state index >= 15 is 0 Å². The topological polar surface area (TPSA) is 49.4 Å². The van der Waals surface area contributed by atoms with Crippen LogP contribution in [0.2, 0.25) is 0 Å². The molecule has 5 heteroatoms. The lowest BCUT2D eigenvalue weighted by molar-refractivity contribution is 0.0735. The van der Waals surface area contributed by atoms with Crippen LogP contribution < -0.4 is 5.32 Å². The first-order chi connectivity index (χ1) is 9.13. The Hall–Kier alpha value is -1.39. The molecule has 0 atom stereocenters. The second-order valence-corrected chi connectivity index (χ2v) is 4.90. The molecule has 0 radical (unpaired) electrons. The summed E-state index contributed by atoms with van der Waals surface area (Å²) >= 11 is 5.55. The van der Waals surface area contributed by atoms with Crippen LogP contribution in [0.3, 0.4) is 0 Å². The summed E-state index contributed by atoms with van der Waals surface area (Å²) in [6.07, 6.45) is 0. The predicted molar refractivity (Wildman–Crippen MR) is 75.0 cm³/mol. The third kappa shape index (κ3) is 3.14. The minimum absolute atomic E-state index is 0.0227. The van der Waals surface area contributed by atoms with E-state index in [1.807, 2.05) is 11.8 Å². The van der Waals surface area contributed by atoms with Crippen LogP contribution in [0.5, 0.6) is 0 Å². The normalized spacial score (nSPS) is 15.4. The van der Waals surface area contributed by atoms with Gasteiger partial charge in [0.15, 0.2) is 5.78 Å². The Kier molecular flexibility index (Phi) is 4.56. The molecule has 0 spiro atoms. The number of benzene rings is 1. The van der Waals surface area contributed by atoms with Crippen LogP contribution in [0, 0.1) is 6.92 Å². The molecule has 0 aliphatic carbocycles. The number of alkyl halides is 1. The molecule has 1 heterocycles. The zero-order valence-corrected chi connectivity index (χ0v) is 11.7. The fourth-order valence-corrected chi connectivity index (χ4v) is 2.38. The fraction of sp³-hybridized carbons (Fsp3) is 0.429. The van der Waals surface area contributed by atoms with Crippen LogP contribution in [0.15, 0.2) is 18.2 Å². The number of hydrogen-bond donors (Lipinski definition) is 1. The summed E-state index contributed by atoms with van der Waals surface area (Å²) in [6.45, 7) is 4.93. The molecule has 1 fully saturated rings. The van der Waals surface area contributed by atoms with E-state index in [-0.39, 0.29) is 17.6 Å². The van der Waals surface area contributed by atoms with Crippen molar-refractivity contribution in [3.63, 3.8) is 0 Å². The number of nitrogens with one attached hydrogen (secondary N) is 1. The number of ketones is 1. The van der Waals surface area contributed by atoms with Crippen LogP contribution in [0.1, 0.15) is 26.3 Å². The summed E-state index contributed by atoms with van der Waals surface area (Å²) < 4.78 is 0. The van der Waals surface area contributed by atoms with E-state index in [1.54, 1.807) is 18.2 Å². The maximum absolute atomic E-state index is 12.3. The van der Waals surface area contributed by atoms with Crippen LogP contribution in [0.4, 0.5) is 0 Å². The van der Waals surface area contributed by atoms with Crippen LogP contribution in [-0.2, 0) is 0 Å². The van der Waals surface area contributed by atoms with E-state index in [0.29, 0.717) is 11.1 Å². The van der Waals surface area contributed by atoms with Gasteiger partial charge in [0.25, 0.3) is 5.91 Å². The van der Waals surface area contributed by atoms with Gasteiger partial charge in [-0.3, -0.25) is 9.59 Å². The van der Waals surface area contributed by atoms with Crippen molar-refractivity contribution in [2.75, 3.05) is 32.1 Å². The molecule has 0 aromatic heterocycles. The van der Waals surface area contributed by atoms with Gasteiger partial charge >= 0.3 is 0 Å². The molecule has 0 unspecified atom stereocenters. The first-order valence-electron chi connectivity index (χ1n) is 6.33. The Morgan fingerprint density at radius 2 is 2.00 bits per heavy atom. The molecule has 4 nitrogen and oxygen atoms in total. The molecule has 1 aliphatic heterocycles. The zero-order valence-electron chi connectivity index (χ0n) is 10.9. The number of amides is 1. The zero-order chi connectivity index (χ0) is 13.8. The molecule has 1 saturated heterocycles. The van der Waals surface area contributed by atoms with Crippen molar-refractivity contribution in [2.45, 2.75) is 6.92 Å². The number of piperazine rings is 1. The molecule has 1 aliphatic rings. The second kappa shape index (κ2) is 6.17. The number of aryl methyl sites for hydroxylation is 1. The van der Waals surface area contributed by atoms with Crippen molar-refractivity contribution in [1.82, 2.24) is 10.2 Å². The van der Waals surface area contributed by atoms with Crippen molar-refractivity contribution in [2.24, 2.45) is 0 Å². The van der Waals surface area contributed by atoms with Crippen LogP contribution in [0.25, 0.3) is 0 Å². The van der Waals surface area contributed by atoms with Gasteiger partial charge in [-0.15, -0.1) is 11.6 Å². The third-order valence-corrected chi connectivity index (χ3v) is 3.54. The molecular formula is C14H17ClN2O2. The average molecular weight is 281 g/mol. The molecule has 102 valence electrons. The Morgan fingerprint density at radius 1 is 1.32 bits per heavy atom. The van der Waals surface area contributed by atoms with E-state index < -0.39 is 0 Å². The second-order valence-electron chi connectivity index (χ2n) is 4.63. The lowest BCUT2D eigenvalue weighted by atomic mass is 10.0. The fourth-order valence-electron chi connectivity index (χ4n) is 2.23. The summed E-state index contributed by atoms with van der Waals surface area (Å²) in [7, 11) is 0. The number of halogens is 1. The van der Waals surface area contributed by atoms with Gasteiger partial charge in [-0.1, -0.05) is 6.07 Å². The van der Waals surface area contributed by atoms with Crippen molar-refractivity contribution in [3.8, 4) is 0 Å². The largest absolute Gasteiger partial charge is 0.336 e. The maximum atomic E-state index is 12.3. The first-order valence-corrected chi connectivity index (χ1v) is 6.86. The minimum Gasteiger partial charge on any atom is -0.336 e. The van der Waals surface area contributed by atoms with Crippen molar-refractivity contribution in [1.29, 1.82) is 0 Å². The third-order valence-electron chi connectivity index (χ3n) is 3.30. The van der Waals surface area contributed by atoms with Gasteiger partial charge < -0.3 is 10.2 Å². The van der Waals surface area contributed by atoms with Crippen LogP contribution >= 0.6 is 11.6 Å². The van der Waals surface area contributed by atoms with Gasteiger partial charge in [-0.2, -0.15) is 0 Å². The summed E-state index contributed by atoms with van der Waals surface area (Å²) in [5.41, 5.74) is 2.02. The Bertz CT molecular complexity index is 496. The Balaban J connectivity index is 2.19. The Labute approximate surface area is 117 Å². The highest BCUT2D eigenvalue weighted by Gasteiger charge is 2.19.